The fourth-order valence-electron chi connectivity index (χ4n) is 9.80. The van der Waals surface area contributed by atoms with Crippen molar-refractivity contribution in [1.82, 2.24) is 49.8 Å². The summed E-state index contributed by atoms with van der Waals surface area (Å²) in [7, 11) is 1.62. The Balaban J connectivity index is 0.000000143. The maximum Gasteiger partial charge on any atom is 0.255 e. The minimum Gasteiger partial charge on any atom is -0.479 e. The first kappa shape index (κ1) is 34.5. The van der Waals surface area contributed by atoms with Gasteiger partial charge in [0.2, 0.25) is 5.82 Å². The number of aromatic nitrogens is 10. The number of allylic oxidation sites excluding steroid dienone is 2. The number of ether oxygens (including phenoxy) is 1. The predicted octanol–water partition coefficient (Wildman–Crippen LogP) is 8.70. The molecule has 2 unspecified atom stereocenters. The van der Waals surface area contributed by atoms with E-state index in [0.29, 0.717) is 23.5 Å². The number of aromatic amines is 3. The lowest BCUT2D eigenvalue weighted by molar-refractivity contribution is 0.241. The first-order valence-electron chi connectivity index (χ1n) is 19.4. The summed E-state index contributed by atoms with van der Waals surface area (Å²) in [5, 5.41) is 30.0. The van der Waals surface area contributed by atoms with Crippen molar-refractivity contribution in [3.05, 3.63) is 106 Å². The van der Waals surface area contributed by atoms with Gasteiger partial charge in [-0.1, -0.05) is 123 Å². The molecule has 4 aromatic heterocycles. The van der Waals surface area contributed by atoms with Crippen molar-refractivity contribution in [3.63, 3.8) is 0 Å². The third-order valence-corrected chi connectivity index (χ3v) is 13.0. The van der Waals surface area contributed by atoms with Crippen molar-refractivity contribution < 1.29 is 4.74 Å². The number of rotatable bonds is 7. The highest BCUT2D eigenvalue weighted by Crippen LogP contribution is 2.49. The lowest BCUT2D eigenvalue weighted by atomic mass is 9.61. The summed E-state index contributed by atoms with van der Waals surface area (Å²) in [6, 6.07) is 22.0. The molecule has 4 aliphatic rings. The van der Waals surface area contributed by atoms with Crippen LogP contribution in [-0.2, 0) is 23.7 Å². The molecule has 0 saturated heterocycles. The number of tetrazole rings is 1. The predicted molar refractivity (Wildman–Crippen MR) is 211 cm³/mol. The van der Waals surface area contributed by atoms with Gasteiger partial charge in [0, 0.05) is 46.2 Å². The molecule has 0 radical (unpaired) electrons. The fourth-order valence-corrected chi connectivity index (χ4v) is 10.3. The van der Waals surface area contributed by atoms with E-state index in [-0.39, 0.29) is 10.8 Å². The molecule has 3 N–H and O–H groups in total. The molecule has 54 heavy (non-hydrogen) atoms. The van der Waals surface area contributed by atoms with Crippen LogP contribution in [-0.4, -0.2) is 56.9 Å². The molecule has 12 heteroatoms. The summed E-state index contributed by atoms with van der Waals surface area (Å²) in [5.41, 5.74) is 9.78. The molecule has 2 aromatic carbocycles. The summed E-state index contributed by atoms with van der Waals surface area (Å²) < 4.78 is 14.0. The van der Waals surface area contributed by atoms with Gasteiger partial charge in [-0.15, -0.1) is 14.6 Å². The van der Waals surface area contributed by atoms with Crippen LogP contribution in [0.4, 0.5) is 0 Å². The van der Waals surface area contributed by atoms with E-state index in [1.807, 2.05) is 0 Å². The number of nitrogens with zero attached hydrogens (tertiary/aromatic N) is 7. The second-order valence-electron chi connectivity index (χ2n) is 15.3. The Bertz CT molecular complexity index is 2210. The molecule has 276 valence electrons. The van der Waals surface area contributed by atoms with Gasteiger partial charge in [0.25, 0.3) is 5.88 Å². The van der Waals surface area contributed by atoms with Crippen LogP contribution in [0.5, 0.6) is 5.88 Å². The standard InChI is InChI=1S/C22H24N4OS.C20H22N6/c1-27-21-20(25-28-26-21)19-17-12-13-22(14-18(17)23-24-19,15-8-4-2-5-9-15)16-10-6-3-7-11-16;1-3-7-14(8-4-1)20(15-9-5-2-6-10-15)12-11-16-17(13-20)21-22-18(16)19-23-25-26-24-19/h2,4-5,8-9,12-13,16H,3,6-7,10-11,14H2,1H3,(H,23,24);1,3-4,7-8,11-12,15H,2,5-6,9-10,13H2,(H,21,22)(H,23,24,25,26). The van der Waals surface area contributed by atoms with Gasteiger partial charge in [-0.25, -0.2) is 0 Å². The van der Waals surface area contributed by atoms with Crippen molar-refractivity contribution in [1.29, 1.82) is 0 Å². The Labute approximate surface area is 319 Å². The van der Waals surface area contributed by atoms with Crippen LogP contribution in [0.1, 0.15) is 97.8 Å². The number of hydrogen-bond donors (Lipinski definition) is 3. The van der Waals surface area contributed by atoms with Gasteiger partial charge < -0.3 is 4.74 Å². The van der Waals surface area contributed by atoms with Crippen LogP contribution in [0.15, 0.2) is 72.8 Å². The lowest BCUT2D eigenvalue weighted by Gasteiger charge is -2.43. The lowest BCUT2D eigenvalue weighted by Crippen LogP contribution is -2.38. The smallest absolute Gasteiger partial charge is 0.255 e. The molecular weight excluding hydrogens is 693 g/mol. The van der Waals surface area contributed by atoms with Gasteiger partial charge in [-0.2, -0.15) is 19.8 Å². The number of nitrogens with one attached hydrogen (secondary N) is 3. The third-order valence-electron chi connectivity index (χ3n) is 12.5. The van der Waals surface area contributed by atoms with Gasteiger partial charge >= 0.3 is 0 Å². The van der Waals surface area contributed by atoms with E-state index in [1.54, 1.807) is 7.11 Å². The Morgan fingerprint density at radius 2 is 1.17 bits per heavy atom. The monoisotopic (exact) mass is 738 g/mol. The molecule has 2 atom stereocenters. The van der Waals surface area contributed by atoms with Crippen molar-refractivity contribution in [2.45, 2.75) is 87.9 Å². The topological polar surface area (TPSA) is 147 Å². The van der Waals surface area contributed by atoms with Crippen molar-refractivity contribution in [3.8, 4) is 28.8 Å². The molecule has 4 aliphatic carbocycles. The zero-order valence-electron chi connectivity index (χ0n) is 30.7. The summed E-state index contributed by atoms with van der Waals surface area (Å²) in [6.45, 7) is 0. The van der Waals surface area contributed by atoms with Crippen LogP contribution in [0.3, 0.4) is 0 Å². The minimum absolute atomic E-state index is 0.0306. The number of H-pyrrole nitrogens is 3. The Hall–Kier alpha value is -5.23. The maximum absolute atomic E-state index is 5.36. The highest BCUT2D eigenvalue weighted by molar-refractivity contribution is 6.99. The average Bonchev–Trinajstić information content (AvgIpc) is 4.09. The van der Waals surface area contributed by atoms with E-state index >= 15 is 0 Å². The summed E-state index contributed by atoms with van der Waals surface area (Å²) in [4.78, 5) is 0. The highest BCUT2D eigenvalue weighted by Gasteiger charge is 2.43. The SMILES string of the molecule is C1=CC(c2ccccc2)(C2CCCCC2)Cc2[nH]nc(-c3nn[nH]n3)c21.COc1nsnc1-c1n[nH]c2c1C=CC(c1ccccc1)(C1CCCCC1)C2. The highest BCUT2D eigenvalue weighted by atomic mass is 32.1. The summed E-state index contributed by atoms with van der Waals surface area (Å²) >= 11 is 1.16. The Morgan fingerprint density at radius 3 is 1.69 bits per heavy atom. The third kappa shape index (κ3) is 6.19. The fraction of sp³-hybridized carbons (Fsp3) is 0.405. The van der Waals surface area contributed by atoms with E-state index < -0.39 is 0 Å². The Morgan fingerprint density at radius 1 is 0.630 bits per heavy atom. The van der Waals surface area contributed by atoms with Gasteiger partial charge in [0.05, 0.1) is 18.8 Å². The molecule has 4 heterocycles. The van der Waals surface area contributed by atoms with E-state index in [1.165, 1.54) is 86.7 Å². The number of methoxy groups -OCH3 is 1. The van der Waals surface area contributed by atoms with Crippen LogP contribution < -0.4 is 4.74 Å². The second kappa shape index (κ2) is 14.9. The molecule has 6 aromatic rings. The van der Waals surface area contributed by atoms with Gasteiger partial charge in [0.15, 0.2) is 5.69 Å². The van der Waals surface area contributed by atoms with E-state index in [4.69, 9.17) is 4.74 Å². The van der Waals surface area contributed by atoms with E-state index in [2.05, 4.69) is 135 Å². The van der Waals surface area contributed by atoms with Crippen molar-refractivity contribution in [2.75, 3.05) is 7.11 Å². The zero-order valence-corrected chi connectivity index (χ0v) is 31.5. The van der Waals surface area contributed by atoms with Gasteiger partial charge in [0.1, 0.15) is 11.4 Å². The normalized spacial score (nSPS) is 22.6. The second-order valence-corrected chi connectivity index (χ2v) is 15.8. The molecule has 2 fully saturated rings. The minimum atomic E-state index is 0.0306. The van der Waals surface area contributed by atoms with Crippen LogP contribution in [0, 0.1) is 11.8 Å². The van der Waals surface area contributed by atoms with Crippen molar-refractivity contribution in [2.24, 2.45) is 11.8 Å². The number of benzene rings is 2. The number of fused-ring (bicyclic) bond motifs is 2. The van der Waals surface area contributed by atoms with E-state index in [0.717, 1.165) is 52.8 Å². The zero-order chi connectivity index (χ0) is 36.4. The summed E-state index contributed by atoms with van der Waals surface area (Å²) in [5.74, 6) is 2.41. The molecule has 2 saturated carbocycles. The molecule has 11 nitrogen and oxygen atoms in total. The van der Waals surface area contributed by atoms with E-state index in [9.17, 15) is 0 Å². The van der Waals surface area contributed by atoms with Crippen LogP contribution in [0.2, 0.25) is 0 Å². The Kier molecular flexibility index (Phi) is 9.52. The van der Waals surface area contributed by atoms with Gasteiger partial charge in [-0.3, -0.25) is 10.2 Å². The first-order valence-corrected chi connectivity index (χ1v) is 20.2. The molecule has 10 rings (SSSR count). The molecule has 0 aliphatic heterocycles. The number of hydrogen-bond acceptors (Lipinski definition) is 9. The van der Waals surface area contributed by atoms with Crippen molar-refractivity contribution >= 4 is 23.9 Å². The van der Waals surface area contributed by atoms with Crippen LogP contribution >= 0.6 is 11.7 Å². The van der Waals surface area contributed by atoms with Gasteiger partial charge in [-0.05, 0) is 53.9 Å². The quantitative estimate of drug-likeness (QED) is 0.147. The largest absolute Gasteiger partial charge is 0.479 e. The summed E-state index contributed by atoms with van der Waals surface area (Å²) in [6.07, 6.45) is 24.4. The molecular formula is C42H46N10OS. The molecule has 0 spiro atoms. The maximum atomic E-state index is 5.36. The van der Waals surface area contributed by atoms with Crippen LogP contribution in [0.25, 0.3) is 35.1 Å². The first-order chi connectivity index (χ1) is 26.7. The average molecular weight is 739 g/mol. The molecule has 0 amide bonds. The molecule has 0 bridgehead atoms.